The number of hydrogen-bond acceptors (Lipinski definition) is 1. The average Bonchev–Trinajstić information content (AvgIpc) is 2.90. The summed E-state index contributed by atoms with van der Waals surface area (Å²) in [5, 5.41) is 0. The molecule has 2 aromatic carbocycles. The van der Waals surface area contributed by atoms with Gasteiger partial charge in [-0.15, -0.1) is 0 Å². The summed E-state index contributed by atoms with van der Waals surface area (Å²) in [6.07, 6.45) is 12.8. The number of ether oxygens (including phenoxy) is 1. The maximum Gasteiger partial charge on any atom is 0.162 e. The lowest BCUT2D eigenvalue weighted by atomic mass is 9.76. The maximum absolute atomic E-state index is 15.2. The summed E-state index contributed by atoms with van der Waals surface area (Å²) in [6.45, 7) is 4.60. The van der Waals surface area contributed by atoms with Gasteiger partial charge in [-0.05, 0) is 105 Å². The predicted octanol–water partition coefficient (Wildman–Crippen LogP) is 9.76. The topological polar surface area (TPSA) is 9.23 Å². The van der Waals surface area contributed by atoms with Crippen molar-refractivity contribution in [2.75, 3.05) is 0 Å². The number of hydrogen-bond donors (Lipinski definition) is 0. The van der Waals surface area contributed by atoms with Gasteiger partial charge in [0.15, 0.2) is 11.6 Å². The molecule has 4 heteroatoms. The molecule has 1 nitrogen and oxygen atoms in total. The summed E-state index contributed by atoms with van der Waals surface area (Å²) >= 11 is 0. The van der Waals surface area contributed by atoms with Crippen LogP contribution in [0, 0.1) is 23.4 Å². The number of unbranched alkanes of at least 4 members (excludes halogenated alkanes) is 1. The summed E-state index contributed by atoms with van der Waals surface area (Å²) < 4.78 is 50.8. The second-order valence-electron chi connectivity index (χ2n) is 11.2. The van der Waals surface area contributed by atoms with Crippen LogP contribution in [0.1, 0.15) is 125 Å². The summed E-state index contributed by atoms with van der Waals surface area (Å²) in [5.74, 6) is -0.554. The molecular formula is C32H43F3O. The molecule has 2 saturated carbocycles. The fraction of sp³-hybridized carbons (Fsp3) is 0.625. The fourth-order valence-electron chi connectivity index (χ4n) is 6.37. The van der Waals surface area contributed by atoms with E-state index in [-0.39, 0.29) is 30.4 Å². The van der Waals surface area contributed by atoms with Crippen molar-refractivity contribution in [3.8, 4) is 0 Å². The Morgan fingerprint density at radius 1 is 0.750 bits per heavy atom. The summed E-state index contributed by atoms with van der Waals surface area (Å²) in [6, 6.07) is 9.15. The van der Waals surface area contributed by atoms with Gasteiger partial charge in [0.1, 0.15) is 5.82 Å². The zero-order valence-corrected chi connectivity index (χ0v) is 22.1. The second-order valence-corrected chi connectivity index (χ2v) is 11.2. The molecule has 0 saturated heterocycles. The van der Waals surface area contributed by atoms with E-state index in [0.717, 1.165) is 82.1 Å². The third-order valence-corrected chi connectivity index (χ3v) is 8.65. The van der Waals surface area contributed by atoms with Gasteiger partial charge in [-0.1, -0.05) is 57.4 Å². The quantitative estimate of drug-likeness (QED) is 0.315. The Balaban J connectivity index is 1.29. The molecule has 2 fully saturated rings. The van der Waals surface area contributed by atoms with Gasteiger partial charge in [0.25, 0.3) is 0 Å². The minimum Gasteiger partial charge on any atom is -0.373 e. The van der Waals surface area contributed by atoms with E-state index in [2.05, 4.69) is 13.8 Å². The van der Waals surface area contributed by atoms with Crippen LogP contribution in [0.4, 0.5) is 13.2 Å². The molecule has 0 spiro atoms. The van der Waals surface area contributed by atoms with Crippen molar-refractivity contribution < 1.29 is 17.9 Å². The Labute approximate surface area is 215 Å². The normalized spacial score (nSPS) is 24.7. The second kappa shape index (κ2) is 13.1. The van der Waals surface area contributed by atoms with Crippen LogP contribution >= 0.6 is 0 Å². The largest absolute Gasteiger partial charge is 0.373 e. The van der Waals surface area contributed by atoms with Crippen LogP contribution in [0.15, 0.2) is 30.3 Å². The van der Waals surface area contributed by atoms with Gasteiger partial charge in [0.2, 0.25) is 0 Å². The molecule has 0 heterocycles. The third kappa shape index (κ3) is 6.73. The number of benzene rings is 2. The highest BCUT2D eigenvalue weighted by Gasteiger charge is 2.30. The lowest BCUT2D eigenvalue weighted by molar-refractivity contribution is 0.0118. The van der Waals surface area contributed by atoms with E-state index in [9.17, 15) is 4.39 Å². The third-order valence-electron chi connectivity index (χ3n) is 8.65. The van der Waals surface area contributed by atoms with Gasteiger partial charge in [0, 0.05) is 5.56 Å². The molecule has 36 heavy (non-hydrogen) atoms. The van der Waals surface area contributed by atoms with E-state index in [4.69, 9.17) is 4.74 Å². The van der Waals surface area contributed by atoms with Crippen LogP contribution in [-0.2, 0) is 17.8 Å². The van der Waals surface area contributed by atoms with Crippen LogP contribution in [0.3, 0.4) is 0 Å². The predicted molar refractivity (Wildman–Crippen MR) is 141 cm³/mol. The SMILES string of the molecule is CCCCc1ccc(COC2CCC(c3ccc(C4CCC(CCC)CC4)c(F)c3F)CC2)c(F)c1. The van der Waals surface area contributed by atoms with Crippen LogP contribution in [0.2, 0.25) is 0 Å². The Bertz CT molecular complexity index is 972. The summed E-state index contributed by atoms with van der Waals surface area (Å²) in [7, 11) is 0. The number of rotatable bonds is 10. The van der Waals surface area contributed by atoms with E-state index in [1.807, 2.05) is 24.3 Å². The van der Waals surface area contributed by atoms with Crippen molar-refractivity contribution in [3.63, 3.8) is 0 Å². The van der Waals surface area contributed by atoms with E-state index in [1.54, 1.807) is 6.07 Å². The van der Waals surface area contributed by atoms with E-state index in [0.29, 0.717) is 16.7 Å². The Hall–Kier alpha value is -1.81. The van der Waals surface area contributed by atoms with Crippen molar-refractivity contribution >= 4 is 0 Å². The molecule has 2 aliphatic rings. The first-order valence-corrected chi connectivity index (χ1v) is 14.4. The van der Waals surface area contributed by atoms with E-state index >= 15 is 8.78 Å². The molecule has 2 aromatic rings. The van der Waals surface area contributed by atoms with Crippen molar-refractivity contribution in [1.29, 1.82) is 0 Å². The number of halogens is 3. The molecule has 4 rings (SSSR count). The summed E-state index contributed by atoms with van der Waals surface area (Å²) in [5.41, 5.74) is 2.71. The first kappa shape index (κ1) is 27.2. The van der Waals surface area contributed by atoms with Crippen molar-refractivity contribution in [1.82, 2.24) is 0 Å². The Kier molecular flexibility index (Phi) is 9.93. The van der Waals surface area contributed by atoms with E-state index < -0.39 is 11.6 Å². The molecule has 2 aliphatic carbocycles. The minimum absolute atomic E-state index is 0.0169. The number of aryl methyl sites for hydroxylation is 1. The smallest absolute Gasteiger partial charge is 0.162 e. The average molecular weight is 501 g/mol. The Morgan fingerprint density at radius 3 is 1.92 bits per heavy atom. The molecule has 198 valence electrons. The van der Waals surface area contributed by atoms with Crippen molar-refractivity contribution in [2.24, 2.45) is 5.92 Å². The molecule has 0 N–H and O–H groups in total. The molecular weight excluding hydrogens is 457 g/mol. The standard InChI is InChI=1S/C32H43F3O/c1-3-5-7-23-10-13-26(30(33)20-23)21-36-27-16-14-25(15-17-27)29-19-18-28(31(34)32(29)35)24-11-8-22(6-4-2)9-12-24/h10,13,18-20,22,24-25,27H,3-9,11-12,14-17,21H2,1-2H3. The lowest BCUT2D eigenvalue weighted by Crippen LogP contribution is -2.22. The molecule has 0 atom stereocenters. The van der Waals surface area contributed by atoms with Crippen LogP contribution < -0.4 is 0 Å². The van der Waals surface area contributed by atoms with Gasteiger partial charge in [-0.25, -0.2) is 13.2 Å². The molecule has 0 aliphatic heterocycles. The minimum atomic E-state index is -0.641. The highest BCUT2D eigenvalue weighted by atomic mass is 19.2. The molecule has 0 amide bonds. The maximum atomic E-state index is 15.2. The molecule has 0 bridgehead atoms. The molecule has 0 unspecified atom stereocenters. The van der Waals surface area contributed by atoms with Crippen LogP contribution in [0.25, 0.3) is 0 Å². The van der Waals surface area contributed by atoms with Crippen LogP contribution in [-0.4, -0.2) is 6.10 Å². The molecule has 0 aromatic heterocycles. The van der Waals surface area contributed by atoms with Gasteiger partial charge >= 0.3 is 0 Å². The monoisotopic (exact) mass is 500 g/mol. The first-order chi connectivity index (χ1) is 17.5. The van der Waals surface area contributed by atoms with Gasteiger partial charge in [-0.3, -0.25) is 0 Å². The van der Waals surface area contributed by atoms with Gasteiger partial charge in [0.05, 0.1) is 12.7 Å². The van der Waals surface area contributed by atoms with Crippen LogP contribution in [0.5, 0.6) is 0 Å². The zero-order chi connectivity index (χ0) is 25.5. The fourth-order valence-corrected chi connectivity index (χ4v) is 6.37. The highest BCUT2D eigenvalue weighted by molar-refractivity contribution is 5.32. The summed E-state index contributed by atoms with van der Waals surface area (Å²) in [4.78, 5) is 0. The van der Waals surface area contributed by atoms with Crippen molar-refractivity contribution in [2.45, 2.75) is 122 Å². The van der Waals surface area contributed by atoms with Gasteiger partial charge < -0.3 is 4.74 Å². The zero-order valence-electron chi connectivity index (χ0n) is 22.1. The van der Waals surface area contributed by atoms with E-state index in [1.165, 1.54) is 12.8 Å². The Morgan fingerprint density at radius 2 is 1.36 bits per heavy atom. The lowest BCUT2D eigenvalue weighted by Gasteiger charge is -2.31. The molecule has 0 radical (unpaired) electrons. The first-order valence-electron chi connectivity index (χ1n) is 14.4. The highest BCUT2D eigenvalue weighted by Crippen LogP contribution is 2.41. The van der Waals surface area contributed by atoms with Gasteiger partial charge in [-0.2, -0.15) is 0 Å². The van der Waals surface area contributed by atoms with Crippen molar-refractivity contribution in [3.05, 3.63) is 70.0 Å².